The quantitative estimate of drug-likeness (QED) is 0.907. The summed E-state index contributed by atoms with van der Waals surface area (Å²) in [5.74, 6) is -1.15. The molecule has 0 unspecified atom stereocenters. The van der Waals surface area contributed by atoms with Crippen molar-refractivity contribution in [3.63, 3.8) is 0 Å². The number of aryl methyl sites for hydroxylation is 2. The van der Waals surface area contributed by atoms with Gasteiger partial charge in [-0.2, -0.15) is 0 Å². The Hall–Kier alpha value is -1.43. The normalized spacial score (nSPS) is 22.3. The number of aromatic nitrogens is 1. The Morgan fingerprint density at radius 3 is 2.90 bits per heavy atom. The Morgan fingerprint density at radius 2 is 2.29 bits per heavy atom. The zero-order valence-corrected chi connectivity index (χ0v) is 13.4. The van der Waals surface area contributed by atoms with E-state index in [9.17, 15) is 14.7 Å². The smallest absolute Gasteiger partial charge is 0.308 e. The highest BCUT2D eigenvalue weighted by Crippen LogP contribution is 2.24. The molecule has 2 rings (SSSR count). The minimum atomic E-state index is -0.794. The van der Waals surface area contributed by atoms with E-state index in [1.165, 1.54) is 0 Å². The molecular weight excluding hydrogens is 288 g/mol. The van der Waals surface area contributed by atoms with Crippen LogP contribution in [0.3, 0.4) is 0 Å². The number of hydrogen-bond acceptors (Lipinski definition) is 4. The molecular formula is C15H22N2O3S. The Balaban J connectivity index is 1.83. The van der Waals surface area contributed by atoms with Gasteiger partial charge in [0.1, 0.15) is 0 Å². The standard InChI is InChI=1S/C15H22N2O3S/c1-10-13(15(19)20)6-4-8-17(10)14(18)7-3-5-12-9-21-11(2)16-12/h9-10,13H,3-8H2,1-2H3,(H,19,20)/t10-,13-/m1/s1. The maximum atomic E-state index is 12.3. The molecule has 1 aliphatic rings. The summed E-state index contributed by atoms with van der Waals surface area (Å²) in [5.41, 5.74) is 1.04. The Bertz CT molecular complexity index is 515. The molecule has 0 bridgehead atoms. The minimum absolute atomic E-state index is 0.0698. The minimum Gasteiger partial charge on any atom is -0.481 e. The first kappa shape index (κ1) is 15.9. The second-order valence-corrected chi connectivity index (χ2v) is 6.69. The first-order chi connectivity index (χ1) is 9.99. The number of rotatable bonds is 5. The van der Waals surface area contributed by atoms with Gasteiger partial charge in [-0.15, -0.1) is 11.3 Å². The lowest BCUT2D eigenvalue weighted by molar-refractivity contribution is -0.149. The third kappa shape index (κ3) is 4.03. The molecule has 116 valence electrons. The van der Waals surface area contributed by atoms with E-state index in [4.69, 9.17) is 0 Å². The van der Waals surface area contributed by atoms with Gasteiger partial charge < -0.3 is 10.0 Å². The van der Waals surface area contributed by atoms with Gasteiger partial charge >= 0.3 is 5.97 Å². The van der Waals surface area contributed by atoms with Crippen molar-refractivity contribution in [3.05, 3.63) is 16.1 Å². The number of hydrogen-bond donors (Lipinski definition) is 1. The number of aliphatic carboxylic acids is 1. The van der Waals surface area contributed by atoms with Crippen molar-refractivity contribution in [2.45, 2.75) is 52.0 Å². The van der Waals surface area contributed by atoms with Crippen LogP contribution in [0.25, 0.3) is 0 Å². The average Bonchev–Trinajstić information content (AvgIpc) is 2.84. The van der Waals surface area contributed by atoms with Crippen LogP contribution >= 0.6 is 11.3 Å². The lowest BCUT2D eigenvalue weighted by atomic mass is 9.90. The van der Waals surface area contributed by atoms with Crippen LogP contribution in [0.2, 0.25) is 0 Å². The number of carboxylic acid groups (broad SMARTS) is 1. The van der Waals surface area contributed by atoms with Crippen molar-refractivity contribution in [2.24, 2.45) is 5.92 Å². The van der Waals surface area contributed by atoms with Crippen LogP contribution in [0.1, 0.15) is 43.3 Å². The van der Waals surface area contributed by atoms with Gasteiger partial charge in [-0.05, 0) is 39.5 Å². The van der Waals surface area contributed by atoms with Gasteiger partial charge in [-0.25, -0.2) is 4.98 Å². The summed E-state index contributed by atoms with van der Waals surface area (Å²) < 4.78 is 0. The predicted molar refractivity (Wildman–Crippen MR) is 81.3 cm³/mol. The fraction of sp³-hybridized carbons (Fsp3) is 0.667. The summed E-state index contributed by atoms with van der Waals surface area (Å²) in [6.45, 7) is 4.50. The first-order valence-electron chi connectivity index (χ1n) is 7.42. The van der Waals surface area contributed by atoms with Crippen molar-refractivity contribution >= 4 is 23.2 Å². The summed E-state index contributed by atoms with van der Waals surface area (Å²) >= 11 is 1.62. The lowest BCUT2D eigenvalue weighted by Gasteiger charge is -2.37. The fourth-order valence-corrected chi connectivity index (χ4v) is 3.56. The Morgan fingerprint density at radius 1 is 1.52 bits per heavy atom. The van der Waals surface area contributed by atoms with Gasteiger partial charge in [-0.3, -0.25) is 9.59 Å². The number of nitrogens with zero attached hydrogens (tertiary/aromatic N) is 2. The number of thiazole rings is 1. The average molecular weight is 310 g/mol. The molecule has 21 heavy (non-hydrogen) atoms. The largest absolute Gasteiger partial charge is 0.481 e. The predicted octanol–water partition coefficient (Wildman–Crippen LogP) is 2.49. The van der Waals surface area contributed by atoms with Crippen LogP contribution in [-0.4, -0.2) is 39.5 Å². The number of carbonyl (C=O) groups is 2. The van der Waals surface area contributed by atoms with Crippen molar-refractivity contribution in [1.29, 1.82) is 0 Å². The van der Waals surface area contributed by atoms with E-state index in [1.54, 1.807) is 16.2 Å². The summed E-state index contributed by atoms with van der Waals surface area (Å²) in [6.07, 6.45) is 3.48. The molecule has 1 aromatic heterocycles. The summed E-state index contributed by atoms with van der Waals surface area (Å²) in [6, 6.07) is -0.203. The second-order valence-electron chi connectivity index (χ2n) is 5.63. The van der Waals surface area contributed by atoms with E-state index in [2.05, 4.69) is 4.98 Å². The summed E-state index contributed by atoms with van der Waals surface area (Å²) in [4.78, 5) is 29.6. The molecule has 1 N–H and O–H groups in total. The lowest BCUT2D eigenvalue weighted by Crippen LogP contribution is -2.49. The monoisotopic (exact) mass is 310 g/mol. The number of likely N-dealkylation sites (tertiary alicyclic amines) is 1. The van der Waals surface area contributed by atoms with Crippen LogP contribution in [0.4, 0.5) is 0 Å². The van der Waals surface area contributed by atoms with Gasteiger partial charge in [0.2, 0.25) is 5.91 Å². The highest BCUT2D eigenvalue weighted by atomic mass is 32.1. The first-order valence-corrected chi connectivity index (χ1v) is 8.30. The van der Waals surface area contributed by atoms with Gasteiger partial charge in [0.05, 0.1) is 16.6 Å². The molecule has 1 aromatic rings. The van der Waals surface area contributed by atoms with Crippen molar-refractivity contribution in [3.8, 4) is 0 Å². The molecule has 1 fully saturated rings. The van der Waals surface area contributed by atoms with Gasteiger partial charge in [0.15, 0.2) is 0 Å². The number of amides is 1. The van der Waals surface area contributed by atoms with Crippen molar-refractivity contribution in [1.82, 2.24) is 9.88 Å². The zero-order chi connectivity index (χ0) is 15.4. The van der Waals surface area contributed by atoms with E-state index in [0.29, 0.717) is 19.4 Å². The SMILES string of the molecule is Cc1nc(CCCC(=O)N2CCC[C@@H](C(=O)O)[C@H]2C)cs1. The number of piperidine rings is 1. The van der Waals surface area contributed by atoms with Crippen LogP contribution in [0.15, 0.2) is 5.38 Å². The Kier molecular flexibility index (Phi) is 5.33. The van der Waals surface area contributed by atoms with E-state index in [0.717, 1.165) is 30.0 Å². The van der Waals surface area contributed by atoms with Crippen LogP contribution in [0.5, 0.6) is 0 Å². The molecule has 6 heteroatoms. The summed E-state index contributed by atoms with van der Waals surface area (Å²) in [5, 5.41) is 12.3. The van der Waals surface area contributed by atoms with Gasteiger partial charge in [-0.1, -0.05) is 0 Å². The third-order valence-electron chi connectivity index (χ3n) is 4.12. The molecule has 1 saturated heterocycles. The molecule has 0 aliphatic carbocycles. The van der Waals surface area contributed by atoms with Crippen LogP contribution in [-0.2, 0) is 16.0 Å². The number of carbonyl (C=O) groups excluding carboxylic acids is 1. The van der Waals surface area contributed by atoms with Gasteiger partial charge in [0, 0.05) is 24.4 Å². The molecule has 1 amide bonds. The second kappa shape index (κ2) is 7.02. The van der Waals surface area contributed by atoms with Crippen molar-refractivity contribution < 1.29 is 14.7 Å². The molecule has 2 heterocycles. The molecule has 0 radical (unpaired) electrons. The molecule has 0 aromatic carbocycles. The van der Waals surface area contributed by atoms with E-state index in [1.807, 2.05) is 19.2 Å². The maximum absolute atomic E-state index is 12.3. The van der Waals surface area contributed by atoms with E-state index < -0.39 is 11.9 Å². The highest BCUT2D eigenvalue weighted by Gasteiger charge is 2.34. The zero-order valence-electron chi connectivity index (χ0n) is 12.5. The fourth-order valence-electron chi connectivity index (χ4n) is 2.91. The van der Waals surface area contributed by atoms with Crippen molar-refractivity contribution in [2.75, 3.05) is 6.54 Å². The van der Waals surface area contributed by atoms with Crippen LogP contribution in [0, 0.1) is 12.8 Å². The summed E-state index contributed by atoms with van der Waals surface area (Å²) in [7, 11) is 0. The van der Waals surface area contributed by atoms with E-state index in [-0.39, 0.29) is 11.9 Å². The van der Waals surface area contributed by atoms with E-state index >= 15 is 0 Å². The topological polar surface area (TPSA) is 70.5 Å². The molecule has 2 atom stereocenters. The molecule has 1 aliphatic heterocycles. The number of carboxylic acids is 1. The molecule has 0 spiro atoms. The molecule has 5 nitrogen and oxygen atoms in total. The van der Waals surface area contributed by atoms with Crippen LogP contribution < -0.4 is 0 Å². The maximum Gasteiger partial charge on any atom is 0.308 e. The highest BCUT2D eigenvalue weighted by molar-refractivity contribution is 7.09. The third-order valence-corrected chi connectivity index (χ3v) is 4.94. The molecule has 0 saturated carbocycles. The van der Waals surface area contributed by atoms with Gasteiger partial charge in [0.25, 0.3) is 0 Å². The Labute approximate surface area is 129 Å².